The molecule has 2 aliphatic rings. The highest BCUT2D eigenvalue weighted by Crippen LogP contribution is 2.46. The van der Waals surface area contributed by atoms with Crippen molar-refractivity contribution in [3.8, 4) is 0 Å². The smallest absolute Gasteiger partial charge is 0.0658 e. The predicted molar refractivity (Wildman–Crippen MR) is 127 cm³/mol. The second kappa shape index (κ2) is 11.7. The van der Waals surface area contributed by atoms with E-state index in [1.165, 1.54) is 38.5 Å². The third kappa shape index (κ3) is 7.78. The van der Waals surface area contributed by atoms with Crippen LogP contribution in [0.15, 0.2) is 0 Å². The molecule has 0 aromatic rings. The molecule has 2 fully saturated rings. The molecule has 1 aliphatic heterocycles. The van der Waals surface area contributed by atoms with Crippen molar-refractivity contribution < 1.29 is 14.9 Å². The van der Waals surface area contributed by atoms with Crippen LogP contribution in [-0.4, -0.2) is 33.6 Å². The number of hydrogen-bond donors (Lipinski definition) is 2. The van der Waals surface area contributed by atoms with Crippen LogP contribution in [0.1, 0.15) is 125 Å². The Kier molecular flexibility index (Phi) is 10.2. The van der Waals surface area contributed by atoms with E-state index < -0.39 is 5.60 Å². The molecule has 8 atom stereocenters. The Balaban J connectivity index is 1.67. The molecule has 178 valence electrons. The Morgan fingerprint density at radius 2 is 1.73 bits per heavy atom. The van der Waals surface area contributed by atoms with Crippen molar-refractivity contribution in [3.63, 3.8) is 0 Å². The first-order valence-electron chi connectivity index (χ1n) is 13.1. The maximum atomic E-state index is 10.6. The van der Waals surface area contributed by atoms with Gasteiger partial charge in [0.2, 0.25) is 0 Å². The number of hydrogen-bond acceptors (Lipinski definition) is 3. The Labute approximate surface area is 187 Å². The fourth-order valence-corrected chi connectivity index (χ4v) is 5.97. The molecule has 1 saturated carbocycles. The topological polar surface area (TPSA) is 49.7 Å². The van der Waals surface area contributed by atoms with E-state index in [2.05, 4.69) is 34.6 Å². The summed E-state index contributed by atoms with van der Waals surface area (Å²) in [4.78, 5) is 0. The van der Waals surface area contributed by atoms with E-state index in [9.17, 15) is 10.2 Å². The Morgan fingerprint density at radius 3 is 2.43 bits per heavy atom. The summed E-state index contributed by atoms with van der Waals surface area (Å²) in [7, 11) is 0. The van der Waals surface area contributed by atoms with Crippen molar-refractivity contribution in [1.82, 2.24) is 0 Å². The van der Waals surface area contributed by atoms with E-state index >= 15 is 0 Å². The molecule has 8 unspecified atom stereocenters. The Bertz CT molecular complexity index is 488. The molecule has 0 amide bonds. The van der Waals surface area contributed by atoms with E-state index in [0.717, 1.165) is 50.9 Å². The van der Waals surface area contributed by atoms with Crippen LogP contribution in [0.3, 0.4) is 0 Å². The molecule has 0 radical (unpaired) electrons. The van der Waals surface area contributed by atoms with Crippen LogP contribution in [0.25, 0.3) is 0 Å². The average molecular weight is 425 g/mol. The zero-order valence-electron chi connectivity index (χ0n) is 21.0. The maximum absolute atomic E-state index is 10.6. The monoisotopic (exact) mass is 424 g/mol. The molecule has 1 heterocycles. The van der Waals surface area contributed by atoms with Gasteiger partial charge >= 0.3 is 0 Å². The van der Waals surface area contributed by atoms with Crippen molar-refractivity contribution in [1.29, 1.82) is 0 Å². The molecule has 0 bridgehead atoms. The fourth-order valence-electron chi connectivity index (χ4n) is 5.97. The van der Waals surface area contributed by atoms with Gasteiger partial charge in [0.15, 0.2) is 0 Å². The van der Waals surface area contributed by atoms with E-state index in [1.807, 2.05) is 6.92 Å². The SMILES string of the molecule is CCCCCC(C)(O)CCCC(C)CCCC1(C)CCC2CC(O)C(C)C(C)C2O1. The van der Waals surface area contributed by atoms with Crippen LogP contribution in [0.2, 0.25) is 0 Å². The molecule has 3 heteroatoms. The summed E-state index contributed by atoms with van der Waals surface area (Å²) in [5.41, 5.74) is -0.462. The van der Waals surface area contributed by atoms with Crippen molar-refractivity contribution >= 4 is 0 Å². The molecule has 2 N–H and O–H groups in total. The predicted octanol–water partition coefficient (Wildman–Crippen LogP) is 6.89. The fraction of sp³-hybridized carbons (Fsp3) is 1.00. The molecule has 3 nitrogen and oxygen atoms in total. The lowest BCUT2D eigenvalue weighted by Crippen LogP contribution is -2.52. The second-order valence-electron chi connectivity index (χ2n) is 11.7. The average Bonchev–Trinajstić information content (AvgIpc) is 2.67. The summed E-state index contributed by atoms with van der Waals surface area (Å²) in [6, 6.07) is 0. The molecule has 0 aromatic carbocycles. The largest absolute Gasteiger partial charge is 0.393 e. The van der Waals surface area contributed by atoms with Gasteiger partial charge in [-0.2, -0.15) is 0 Å². The zero-order valence-corrected chi connectivity index (χ0v) is 21.0. The number of aliphatic hydroxyl groups excluding tert-OH is 1. The van der Waals surface area contributed by atoms with Crippen LogP contribution >= 0.6 is 0 Å². The molecule has 0 spiro atoms. The van der Waals surface area contributed by atoms with E-state index in [0.29, 0.717) is 23.9 Å². The lowest BCUT2D eigenvalue weighted by atomic mass is 9.67. The third-order valence-corrected chi connectivity index (χ3v) is 8.56. The summed E-state index contributed by atoms with van der Waals surface area (Å²) in [5, 5.41) is 20.9. The first-order chi connectivity index (χ1) is 14.1. The Hall–Kier alpha value is -0.120. The number of rotatable bonds is 12. The van der Waals surface area contributed by atoms with E-state index in [1.54, 1.807) is 0 Å². The molecular weight excluding hydrogens is 372 g/mol. The summed E-state index contributed by atoms with van der Waals surface area (Å²) in [5.74, 6) is 2.05. The van der Waals surface area contributed by atoms with Crippen molar-refractivity contribution in [2.75, 3.05) is 0 Å². The third-order valence-electron chi connectivity index (χ3n) is 8.56. The summed E-state index contributed by atoms with van der Waals surface area (Å²) >= 11 is 0. The molecule has 30 heavy (non-hydrogen) atoms. The van der Waals surface area contributed by atoms with E-state index in [-0.39, 0.29) is 11.7 Å². The van der Waals surface area contributed by atoms with Crippen LogP contribution in [0.5, 0.6) is 0 Å². The lowest BCUT2D eigenvalue weighted by Gasteiger charge is -2.51. The minimum atomic E-state index is -0.476. The number of aliphatic hydroxyl groups is 2. The van der Waals surface area contributed by atoms with E-state index in [4.69, 9.17) is 4.74 Å². The van der Waals surface area contributed by atoms with Gasteiger partial charge in [0.25, 0.3) is 0 Å². The maximum Gasteiger partial charge on any atom is 0.0658 e. The summed E-state index contributed by atoms with van der Waals surface area (Å²) in [6.07, 6.45) is 14.9. The van der Waals surface area contributed by atoms with Crippen molar-refractivity contribution in [3.05, 3.63) is 0 Å². The molecule has 1 saturated heterocycles. The van der Waals surface area contributed by atoms with Gasteiger partial charge in [-0.1, -0.05) is 72.6 Å². The number of fused-ring (bicyclic) bond motifs is 1. The first-order valence-corrected chi connectivity index (χ1v) is 13.1. The number of ether oxygens (including phenoxy) is 1. The highest BCUT2D eigenvalue weighted by atomic mass is 16.5. The van der Waals surface area contributed by atoms with Gasteiger partial charge in [-0.3, -0.25) is 0 Å². The normalized spacial score (nSPS) is 37.4. The standard InChI is InChI=1S/C27H52O3/c1-7-8-9-15-26(5,29)16-10-12-20(2)13-11-17-27(6)18-14-23-19-24(28)21(3)22(4)25(23)30-27/h20-25,28-29H,7-19H2,1-6H3. The van der Waals surface area contributed by atoms with Crippen LogP contribution < -0.4 is 0 Å². The van der Waals surface area contributed by atoms with Crippen LogP contribution in [-0.2, 0) is 4.74 Å². The van der Waals surface area contributed by atoms with Gasteiger partial charge < -0.3 is 14.9 Å². The van der Waals surface area contributed by atoms with Gasteiger partial charge in [-0.15, -0.1) is 0 Å². The quantitative estimate of drug-likeness (QED) is 0.335. The summed E-state index contributed by atoms with van der Waals surface area (Å²) < 4.78 is 6.72. The van der Waals surface area contributed by atoms with Gasteiger partial charge in [0.05, 0.1) is 23.4 Å². The van der Waals surface area contributed by atoms with Gasteiger partial charge in [-0.05, 0) is 76.0 Å². The van der Waals surface area contributed by atoms with Crippen molar-refractivity contribution in [2.24, 2.45) is 23.7 Å². The van der Waals surface area contributed by atoms with Crippen LogP contribution in [0, 0.1) is 23.7 Å². The zero-order chi connectivity index (χ0) is 22.4. The minimum Gasteiger partial charge on any atom is -0.393 e. The molecule has 1 aliphatic carbocycles. The van der Waals surface area contributed by atoms with Crippen LogP contribution in [0.4, 0.5) is 0 Å². The van der Waals surface area contributed by atoms with Gasteiger partial charge in [-0.25, -0.2) is 0 Å². The molecule has 2 rings (SSSR count). The molecule has 0 aromatic heterocycles. The lowest BCUT2D eigenvalue weighted by molar-refractivity contribution is -0.200. The number of unbranched alkanes of at least 4 members (excludes halogenated alkanes) is 2. The van der Waals surface area contributed by atoms with Gasteiger partial charge in [0.1, 0.15) is 0 Å². The Morgan fingerprint density at radius 1 is 1.07 bits per heavy atom. The highest BCUT2D eigenvalue weighted by molar-refractivity contribution is 4.95. The molecular formula is C27H52O3. The highest BCUT2D eigenvalue weighted by Gasteiger charge is 2.46. The second-order valence-corrected chi connectivity index (χ2v) is 11.7. The summed E-state index contributed by atoms with van der Waals surface area (Å²) in [6.45, 7) is 13.4. The van der Waals surface area contributed by atoms with Crippen molar-refractivity contribution in [2.45, 2.75) is 148 Å². The minimum absolute atomic E-state index is 0.0140. The first kappa shape index (κ1) is 26.1. The van der Waals surface area contributed by atoms with Gasteiger partial charge in [0, 0.05) is 0 Å².